The first-order valence-corrected chi connectivity index (χ1v) is 9.65. The van der Waals surface area contributed by atoms with Crippen molar-refractivity contribution >= 4 is 29.2 Å². The lowest BCUT2D eigenvalue weighted by Crippen LogP contribution is -2.59. The van der Waals surface area contributed by atoms with Crippen LogP contribution in [0.25, 0.3) is 0 Å². The molecule has 1 aromatic rings. The Morgan fingerprint density at radius 3 is 2.50 bits per heavy atom. The molecule has 0 aliphatic heterocycles. The Hall–Kier alpha value is -1.59. The van der Waals surface area contributed by atoms with E-state index in [0.29, 0.717) is 29.0 Å². The summed E-state index contributed by atoms with van der Waals surface area (Å²) < 4.78 is 5.55. The standard InChI is InChI=1S/C20H24ClNO4/c1-12(17(23)22-16-5-3-2-4-15(16)21)26-18(24)19-7-13-6-14(8-19)10-20(25,9-13)11-19/h2-5,12-14,25H,6-11H2,1H3,(H,22,23)/t12-,13-,14+,19?,20?/m1/s1. The van der Waals surface area contributed by atoms with Gasteiger partial charge in [-0.05, 0) is 69.4 Å². The van der Waals surface area contributed by atoms with Crippen molar-refractivity contribution in [2.24, 2.45) is 17.3 Å². The van der Waals surface area contributed by atoms with Crippen LogP contribution in [0.1, 0.15) is 45.4 Å². The van der Waals surface area contributed by atoms with Gasteiger partial charge in [0.05, 0.1) is 21.7 Å². The van der Waals surface area contributed by atoms with E-state index in [0.717, 1.165) is 32.1 Å². The highest BCUT2D eigenvalue weighted by atomic mass is 35.5. The topological polar surface area (TPSA) is 75.6 Å². The summed E-state index contributed by atoms with van der Waals surface area (Å²) in [5.41, 5.74) is -0.865. The molecule has 1 amide bonds. The number of benzene rings is 1. The number of esters is 1. The molecule has 0 aromatic heterocycles. The van der Waals surface area contributed by atoms with Crippen molar-refractivity contribution < 1.29 is 19.4 Å². The molecule has 4 saturated carbocycles. The minimum Gasteiger partial charge on any atom is -0.452 e. The Labute approximate surface area is 158 Å². The first-order valence-electron chi connectivity index (χ1n) is 9.27. The van der Waals surface area contributed by atoms with E-state index in [4.69, 9.17) is 16.3 Å². The lowest BCUT2D eigenvalue weighted by atomic mass is 9.48. The lowest BCUT2D eigenvalue weighted by molar-refractivity contribution is -0.199. The summed E-state index contributed by atoms with van der Waals surface area (Å²) in [5, 5.41) is 13.9. The highest BCUT2D eigenvalue weighted by molar-refractivity contribution is 6.33. The largest absolute Gasteiger partial charge is 0.452 e. The number of halogens is 1. The summed E-state index contributed by atoms with van der Waals surface area (Å²) >= 11 is 6.05. The van der Waals surface area contributed by atoms with E-state index in [1.54, 1.807) is 31.2 Å². The minimum absolute atomic E-state index is 0.341. The van der Waals surface area contributed by atoms with Crippen LogP contribution in [0.2, 0.25) is 5.02 Å². The number of rotatable bonds is 4. The van der Waals surface area contributed by atoms with E-state index in [9.17, 15) is 14.7 Å². The second-order valence-electron chi connectivity index (χ2n) is 8.48. The zero-order valence-corrected chi connectivity index (χ0v) is 15.6. The van der Waals surface area contributed by atoms with Crippen molar-refractivity contribution in [2.45, 2.75) is 57.2 Å². The zero-order valence-electron chi connectivity index (χ0n) is 14.8. The number of amides is 1. The molecule has 5 rings (SSSR count). The number of carbonyl (C=O) groups excluding carboxylic acids is 2. The molecule has 140 valence electrons. The van der Waals surface area contributed by atoms with Crippen molar-refractivity contribution in [3.8, 4) is 0 Å². The van der Waals surface area contributed by atoms with Crippen molar-refractivity contribution in [3.05, 3.63) is 29.3 Å². The number of hydrogen-bond acceptors (Lipinski definition) is 4. The van der Waals surface area contributed by atoms with Gasteiger partial charge in [0.2, 0.25) is 0 Å². The Balaban J connectivity index is 1.43. The van der Waals surface area contributed by atoms with Gasteiger partial charge in [0, 0.05) is 0 Å². The third-order valence-electron chi connectivity index (χ3n) is 6.25. The van der Waals surface area contributed by atoms with Gasteiger partial charge in [-0.3, -0.25) is 9.59 Å². The van der Waals surface area contributed by atoms with Crippen LogP contribution in [0.5, 0.6) is 0 Å². The number of nitrogens with one attached hydrogen (secondary N) is 1. The number of aliphatic hydroxyl groups is 1. The van der Waals surface area contributed by atoms with E-state index in [-0.39, 0.29) is 5.97 Å². The molecule has 0 saturated heterocycles. The molecule has 0 spiro atoms. The van der Waals surface area contributed by atoms with Crippen LogP contribution in [-0.2, 0) is 14.3 Å². The van der Waals surface area contributed by atoms with Gasteiger partial charge in [0.25, 0.3) is 5.91 Å². The molecule has 2 N–H and O–H groups in total. The predicted molar refractivity (Wildman–Crippen MR) is 97.7 cm³/mol. The normalized spacial score (nSPS) is 35.8. The Bertz CT molecular complexity index is 735. The van der Waals surface area contributed by atoms with Crippen LogP contribution in [0, 0.1) is 17.3 Å². The van der Waals surface area contributed by atoms with E-state index >= 15 is 0 Å². The molecule has 2 unspecified atom stereocenters. The SMILES string of the molecule is C[C@@H](OC(=O)C12C[C@@H]3C[C@@H](CC(O)(C3)C1)C2)C(=O)Nc1ccccc1Cl. The van der Waals surface area contributed by atoms with Gasteiger partial charge in [-0.2, -0.15) is 0 Å². The molecular weight excluding hydrogens is 354 g/mol. The molecule has 26 heavy (non-hydrogen) atoms. The summed E-state index contributed by atoms with van der Waals surface area (Å²) in [6.45, 7) is 1.57. The fraction of sp³-hybridized carbons (Fsp3) is 0.600. The van der Waals surface area contributed by atoms with Crippen molar-refractivity contribution in [1.29, 1.82) is 0 Å². The predicted octanol–water partition coefficient (Wildman–Crippen LogP) is 3.54. The first-order chi connectivity index (χ1) is 12.3. The smallest absolute Gasteiger partial charge is 0.312 e. The van der Waals surface area contributed by atoms with Crippen LogP contribution >= 0.6 is 11.6 Å². The van der Waals surface area contributed by atoms with E-state index in [2.05, 4.69) is 5.32 Å². The maximum atomic E-state index is 12.9. The van der Waals surface area contributed by atoms with Crippen LogP contribution in [-0.4, -0.2) is 28.7 Å². The Morgan fingerprint density at radius 1 is 1.23 bits per heavy atom. The highest BCUT2D eigenvalue weighted by Crippen LogP contribution is 2.62. The molecule has 1 aromatic carbocycles. The molecule has 4 aliphatic rings. The summed E-state index contributed by atoms with van der Waals surface area (Å²) in [7, 11) is 0. The molecule has 5 atom stereocenters. The fourth-order valence-electron chi connectivity index (χ4n) is 5.59. The lowest BCUT2D eigenvalue weighted by Gasteiger charge is -2.58. The molecule has 4 aliphatic carbocycles. The van der Waals surface area contributed by atoms with Crippen molar-refractivity contribution in [1.82, 2.24) is 0 Å². The van der Waals surface area contributed by atoms with Gasteiger partial charge in [0.1, 0.15) is 0 Å². The minimum atomic E-state index is -0.915. The van der Waals surface area contributed by atoms with Crippen LogP contribution in [0.3, 0.4) is 0 Å². The fourth-order valence-corrected chi connectivity index (χ4v) is 5.77. The number of anilines is 1. The van der Waals surface area contributed by atoms with Gasteiger partial charge in [-0.1, -0.05) is 23.7 Å². The average molecular weight is 378 g/mol. The van der Waals surface area contributed by atoms with Crippen LogP contribution < -0.4 is 5.32 Å². The maximum absolute atomic E-state index is 12.9. The number of ether oxygens (including phenoxy) is 1. The molecule has 0 radical (unpaired) electrons. The molecule has 4 bridgehead atoms. The Kier molecular flexibility index (Phi) is 4.27. The Morgan fingerprint density at radius 2 is 1.88 bits per heavy atom. The monoisotopic (exact) mass is 377 g/mol. The highest BCUT2D eigenvalue weighted by Gasteiger charge is 2.61. The quantitative estimate of drug-likeness (QED) is 0.787. The average Bonchev–Trinajstić information content (AvgIpc) is 2.54. The summed E-state index contributed by atoms with van der Waals surface area (Å²) in [6, 6.07) is 6.93. The number of hydrogen-bond donors (Lipinski definition) is 2. The van der Waals surface area contributed by atoms with E-state index in [1.165, 1.54) is 0 Å². The van der Waals surface area contributed by atoms with Crippen molar-refractivity contribution in [3.63, 3.8) is 0 Å². The third-order valence-corrected chi connectivity index (χ3v) is 6.58. The first kappa shape index (κ1) is 17.8. The molecule has 0 heterocycles. The van der Waals surface area contributed by atoms with E-state index in [1.807, 2.05) is 0 Å². The summed E-state index contributed by atoms with van der Waals surface area (Å²) in [6.07, 6.45) is 3.76. The van der Waals surface area contributed by atoms with Crippen LogP contribution in [0.4, 0.5) is 5.69 Å². The number of carbonyl (C=O) groups is 2. The molecule has 6 heteroatoms. The van der Waals surface area contributed by atoms with Gasteiger partial charge < -0.3 is 15.2 Å². The summed E-state index contributed by atoms with van der Waals surface area (Å²) in [5.74, 6) is 0.0313. The van der Waals surface area contributed by atoms with Gasteiger partial charge >= 0.3 is 5.97 Å². The summed E-state index contributed by atoms with van der Waals surface area (Å²) in [4.78, 5) is 25.3. The van der Waals surface area contributed by atoms with Crippen molar-refractivity contribution in [2.75, 3.05) is 5.32 Å². The number of para-hydroxylation sites is 1. The van der Waals surface area contributed by atoms with Gasteiger partial charge in [-0.15, -0.1) is 0 Å². The molecular formula is C20H24ClNO4. The zero-order chi connectivity index (χ0) is 18.5. The second kappa shape index (κ2) is 6.24. The maximum Gasteiger partial charge on any atom is 0.312 e. The van der Waals surface area contributed by atoms with Gasteiger partial charge in [0.15, 0.2) is 6.10 Å². The molecule has 4 fully saturated rings. The van der Waals surface area contributed by atoms with Gasteiger partial charge in [-0.25, -0.2) is 0 Å². The van der Waals surface area contributed by atoms with Crippen LogP contribution in [0.15, 0.2) is 24.3 Å². The third kappa shape index (κ3) is 3.12. The van der Waals surface area contributed by atoms with E-state index < -0.39 is 23.0 Å². The molecule has 5 nitrogen and oxygen atoms in total. The second-order valence-corrected chi connectivity index (χ2v) is 8.89.